The Morgan fingerprint density at radius 3 is 2.92 bits per heavy atom. The van der Waals surface area contributed by atoms with Crippen molar-refractivity contribution in [2.24, 2.45) is 10.9 Å². The Bertz CT molecular complexity index is 386. The lowest BCUT2D eigenvalue weighted by molar-refractivity contribution is 0.0424. The summed E-state index contributed by atoms with van der Waals surface area (Å²) in [6.45, 7) is 13.3. The summed E-state index contributed by atoms with van der Waals surface area (Å²) in [5.74, 6) is 1.81. The van der Waals surface area contributed by atoms with Crippen LogP contribution >= 0.6 is 0 Å². The van der Waals surface area contributed by atoms with Gasteiger partial charge in [-0.3, -0.25) is 4.99 Å². The van der Waals surface area contributed by atoms with Crippen molar-refractivity contribution in [2.45, 2.75) is 58.5 Å². The van der Waals surface area contributed by atoms with Crippen LogP contribution in [0.5, 0.6) is 0 Å². The highest BCUT2D eigenvalue weighted by Gasteiger charge is 2.16. The van der Waals surface area contributed by atoms with Crippen molar-refractivity contribution in [3.05, 3.63) is 0 Å². The number of piperidine rings is 1. The van der Waals surface area contributed by atoms with E-state index >= 15 is 0 Å². The van der Waals surface area contributed by atoms with Crippen molar-refractivity contribution in [1.82, 2.24) is 15.5 Å². The molecule has 0 spiro atoms. The second-order valence-electron chi connectivity index (χ2n) is 7.65. The molecule has 0 aliphatic carbocycles. The van der Waals surface area contributed by atoms with Gasteiger partial charge in [-0.1, -0.05) is 6.92 Å². The predicted octanol–water partition coefficient (Wildman–Crippen LogP) is 2.25. The number of unbranched alkanes of at least 4 members (excludes halogenated alkanes) is 1. The van der Waals surface area contributed by atoms with E-state index in [0.29, 0.717) is 6.10 Å². The first-order chi connectivity index (χ1) is 12.8. The molecule has 0 radical (unpaired) electrons. The van der Waals surface area contributed by atoms with Crippen LogP contribution in [0.1, 0.15) is 52.4 Å². The maximum absolute atomic E-state index is 5.78. The van der Waals surface area contributed by atoms with Gasteiger partial charge in [-0.2, -0.15) is 0 Å². The molecule has 2 aliphatic heterocycles. The minimum absolute atomic E-state index is 0.299. The van der Waals surface area contributed by atoms with Crippen LogP contribution in [-0.4, -0.2) is 76.1 Å². The highest BCUT2D eigenvalue weighted by Crippen LogP contribution is 2.15. The van der Waals surface area contributed by atoms with Gasteiger partial charge in [-0.25, -0.2) is 0 Å². The third kappa shape index (κ3) is 9.19. The van der Waals surface area contributed by atoms with E-state index in [9.17, 15) is 0 Å². The summed E-state index contributed by atoms with van der Waals surface area (Å²) < 4.78 is 11.1. The van der Waals surface area contributed by atoms with Crippen LogP contribution in [-0.2, 0) is 9.47 Å². The van der Waals surface area contributed by atoms with E-state index in [1.54, 1.807) is 0 Å². The van der Waals surface area contributed by atoms with Gasteiger partial charge in [0.15, 0.2) is 5.96 Å². The first-order valence-electron chi connectivity index (χ1n) is 10.7. The molecule has 0 aromatic carbocycles. The maximum atomic E-state index is 5.78. The van der Waals surface area contributed by atoms with E-state index in [1.807, 2.05) is 0 Å². The van der Waals surface area contributed by atoms with Gasteiger partial charge >= 0.3 is 0 Å². The van der Waals surface area contributed by atoms with E-state index in [2.05, 4.69) is 34.4 Å². The van der Waals surface area contributed by atoms with E-state index in [-0.39, 0.29) is 0 Å². The fourth-order valence-electron chi connectivity index (χ4n) is 3.65. The minimum Gasteiger partial charge on any atom is -0.379 e. The molecule has 152 valence electrons. The number of hydrogen-bond acceptors (Lipinski definition) is 4. The number of rotatable bonds is 11. The Balaban J connectivity index is 1.50. The molecule has 0 aromatic heterocycles. The Kier molecular flexibility index (Phi) is 11.0. The molecule has 2 heterocycles. The molecule has 2 N–H and O–H groups in total. The Morgan fingerprint density at radius 1 is 1.23 bits per heavy atom. The van der Waals surface area contributed by atoms with Crippen LogP contribution in [0.2, 0.25) is 0 Å². The van der Waals surface area contributed by atoms with Gasteiger partial charge in [0.05, 0.1) is 12.7 Å². The van der Waals surface area contributed by atoms with E-state index in [1.165, 1.54) is 45.3 Å². The van der Waals surface area contributed by atoms with Gasteiger partial charge in [0, 0.05) is 39.4 Å². The fraction of sp³-hybridized carbons (Fsp3) is 0.950. The minimum atomic E-state index is 0.299. The largest absolute Gasteiger partial charge is 0.379 e. The second kappa shape index (κ2) is 13.3. The number of hydrogen-bond donors (Lipinski definition) is 2. The number of likely N-dealkylation sites (tertiary alicyclic amines) is 1. The van der Waals surface area contributed by atoms with E-state index in [4.69, 9.17) is 9.47 Å². The van der Waals surface area contributed by atoms with Crippen molar-refractivity contribution in [2.75, 3.05) is 59.1 Å². The Morgan fingerprint density at radius 2 is 2.15 bits per heavy atom. The molecule has 2 saturated heterocycles. The molecule has 2 atom stereocenters. The molecular formula is C20H40N4O2. The number of ether oxygens (including phenoxy) is 2. The molecular weight excluding hydrogens is 328 g/mol. The van der Waals surface area contributed by atoms with Crippen molar-refractivity contribution < 1.29 is 9.47 Å². The molecule has 2 rings (SSSR count). The maximum Gasteiger partial charge on any atom is 0.191 e. The SMILES string of the molecule is CCNC(=NCCCOC1CCOC1)NCCCCN1CCCC(C)C1. The van der Waals surface area contributed by atoms with Crippen LogP contribution in [0, 0.1) is 5.92 Å². The normalized spacial score (nSPS) is 24.8. The van der Waals surface area contributed by atoms with Crippen LogP contribution in [0.4, 0.5) is 0 Å². The van der Waals surface area contributed by atoms with Crippen LogP contribution in [0.15, 0.2) is 4.99 Å². The van der Waals surface area contributed by atoms with E-state index < -0.39 is 0 Å². The average molecular weight is 369 g/mol. The van der Waals surface area contributed by atoms with Crippen LogP contribution in [0.3, 0.4) is 0 Å². The molecule has 2 fully saturated rings. The predicted molar refractivity (Wildman–Crippen MR) is 108 cm³/mol. The standard InChI is InChI=1S/C20H40N4O2/c1-3-21-20(23-11-7-14-26-19-9-15-25-17-19)22-10-4-5-12-24-13-6-8-18(2)16-24/h18-19H,3-17H2,1-2H3,(H2,21,22,23). The zero-order chi connectivity index (χ0) is 18.5. The van der Waals surface area contributed by atoms with Gasteiger partial charge < -0.3 is 25.0 Å². The summed E-state index contributed by atoms with van der Waals surface area (Å²) in [5.41, 5.74) is 0. The zero-order valence-corrected chi connectivity index (χ0v) is 17.0. The topological polar surface area (TPSA) is 58.1 Å². The number of guanidine groups is 1. The zero-order valence-electron chi connectivity index (χ0n) is 17.0. The first-order valence-corrected chi connectivity index (χ1v) is 10.7. The lowest BCUT2D eigenvalue weighted by Crippen LogP contribution is -2.38. The van der Waals surface area contributed by atoms with Crippen molar-refractivity contribution >= 4 is 5.96 Å². The smallest absolute Gasteiger partial charge is 0.191 e. The first kappa shape index (κ1) is 21.5. The Labute approximate surface area is 160 Å². The fourth-order valence-corrected chi connectivity index (χ4v) is 3.65. The summed E-state index contributed by atoms with van der Waals surface area (Å²) in [7, 11) is 0. The quantitative estimate of drug-likeness (QED) is 0.333. The third-order valence-electron chi connectivity index (χ3n) is 5.09. The average Bonchev–Trinajstić information content (AvgIpc) is 3.14. The van der Waals surface area contributed by atoms with Crippen LogP contribution in [0.25, 0.3) is 0 Å². The molecule has 0 saturated carbocycles. The van der Waals surface area contributed by atoms with Gasteiger partial charge in [0.1, 0.15) is 0 Å². The third-order valence-corrected chi connectivity index (χ3v) is 5.09. The van der Waals surface area contributed by atoms with Gasteiger partial charge in [-0.05, 0) is 64.5 Å². The second-order valence-corrected chi connectivity index (χ2v) is 7.65. The molecule has 6 heteroatoms. The summed E-state index contributed by atoms with van der Waals surface area (Å²) in [6.07, 6.45) is 7.52. The lowest BCUT2D eigenvalue weighted by Gasteiger charge is -2.30. The molecule has 0 bridgehead atoms. The number of nitrogens with zero attached hydrogens (tertiary/aromatic N) is 2. The van der Waals surface area contributed by atoms with Crippen molar-refractivity contribution in [3.63, 3.8) is 0 Å². The molecule has 0 amide bonds. The number of nitrogens with one attached hydrogen (secondary N) is 2. The lowest BCUT2D eigenvalue weighted by atomic mass is 10.0. The molecule has 2 unspecified atom stereocenters. The number of aliphatic imine (C=N–C) groups is 1. The van der Waals surface area contributed by atoms with Crippen LogP contribution < -0.4 is 10.6 Å². The van der Waals surface area contributed by atoms with Gasteiger partial charge in [0.2, 0.25) is 0 Å². The Hall–Kier alpha value is -0.850. The highest BCUT2D eigenvalue weighted by molar-refractivity contribution is 5.79. The van der Waals surface area contributed by atoms with Gasteiger partial charge in [0.25, 0.3) is 0 Å². The summed E-state index contributed by atoms with van der Waals surface area (Å²) in [4.78, 5) is 7.28. The highest BCUT2D eigenvalue weighted by atomic mass is 16.5. The summed E-state index contributed by atoms with van der Waals surface area (Å²) >= 11 is 0. The van der Waals surface area contributed by atoms with Crippen molar-refractivity contribution in [1.29, 1.82) is 0 Å². The van der Waals surface area contributed by atoms with Crippen molar-refractivity contribution in [3.8, 4) is 0 Å². The summed E-state index contributed by atoms with van der Waals surface area (Å²) in [5, 5.41) is 6.79. The van der Waals surface area contributed by atoms with Gasteiger partial charge in [-0.15, -0.1) is 0 Å². The molecule has 2 aliphatic rings. The molecule has 6 nitrogen and oxygen atoms in total. The monoisotopic (exact) mass is 368 g/mol. The summed E-state index contributed by atoms with van der Waals surface area (Å²) in [6, 6.07) is 0. The van der Waals surface area contributed by atoms with E-state index in [0.717, 1.165) is 64.2 Å². The molecule has 26 heavy (non-hydrogen) atoms. The molecule has 0 aromatic rings.